The third-order valence-corrected chi connectivity index (χ3v) is 4.35. The molecule has 0 radical (unpaired) electrons. The molecule has 0 unspecified atom stereocenters. The maximum absolute atomic E-state index is 12.5. The molecule has 5 nitrogen and oxygen atoms in total. The Hall–Kier alpha value is -1.36. The number of carboxylic acid groups (broad SMARTS) is 1. The van der Waals surface area contributed by atoms with Gasteiger partial charge in [0.15, 0.2) is 0 Å². The van der Waals surface area contributed by atoms with Crippen LogP contribution in [0.1, 0.15) is 6.42 Å². The number of ether oxygens (including phenoxy) is 1. The molecule has 3 rings (SSSR count). The number of hydrogen-bond donors (Lipinski definition) is 1. The number of nitrogens with zero attached hydrogens (tertiary/aromatic N) is 1. The van der Waals surface area contributed by atoms with Crippen LogP contribution in [0.15, 0.2) is 12.2 Å². The summed E-state index contributed by atoms with van der Waals surface area (Å²) in [6, 6.07) is 0. The molecule has 98 valence electrons. The maximum atomic E-state index is 12.5. The van der Waals surface area contributed by atoms with Crippen LogP contribution in [0.25, 0.3) is 0 Å². The van der Waals surface area contributed by atoms with E-state index < -0.39 is 11.9 Å². The molecule has 1 saturated carbocycles. The molecule has 18 heavy (non-hydrogen) atoms. The number of amides is 1. The van der Waals surface area contributed by atoms with Gasteiger partial charge in [0.1, 0.15) is 0 Å². The van der Waals surface area contributed by atoms with Gasteiger partial charge in [-0.3, -0.25) is 9.59 Å². The highest BCUT2D eigenvalue weighted by atomic mass is 16.5. The second kappa shape index (κ2) is 4.39. The molecular weight excluding hydrogens is 234 g/mol. The van der Waals surface area contributed by atoms with Gasteiger partial charge in [-0.25, -0.2) is 0 Å². The van der Waals surface area contributed by atoms with Crippen molar-refractivity contribution in [2.45, 2.75) is 6.42 Å². The lowest BCUT2D eigenvalue weighted by atomic mass is 9.82. The van der Waals surface area contributed by atoms with Crippen molar-refractivity contribution in [2.24, 2.45) is 23.7 Å². The molecule has 1 heterocycles. The molecule has 1 saturated heterocycles. The first-order valence-electron chi connectivity index (χ1n) is 6.46. The van der Waals surface area contributed by atoms with Gasteiger partial charge in [0.2, 0.25) is 5.91 Å². The van der Waals surface area contributed by atoms with Crippen LogP contribution in [0.3, 0.4) is 0 Å². The van der Waals surface area contributed by atoms with E-state index in [2.05, 4.69) is 0 Å². The SMILES string of the molecule is O=C(O)[C@H]1[C@H](C(=O)N2CCOCC2)[C@H]2C=C[C@@H]1C2. The van der Waals surface area contributed by atoms with Crippen molar-refractivity contribution in [3.63, 3.8) is 0 Å². The highest BCUT2D eigenvalue weighted by Crippen LogP contribution is 2.48. The van der Waals surface area contributed by atoms with E-state index in [-0.39, 0.29) is 23.7 Å². The molecule has 2 fully saturated rings. The Kier molecular flexibility index (Phi) is 2.86. The summed E-state index contributed by atoms with van der Waals surface area (Å²) in [5, 5.41) is 9.32. The number of carboxylic acids is 1. The Bertz CT molecular complexity index is 400. The molecule has 5 heteroatoms. The lowest BCUT2D eigenvalue weighted by molar-refractivity contribution is -0.152. The first kappa shape index (κ1) is 11.7. The summed E-state index contributed by atoms with van der Waals surface area (Å²) in [7, 11) is 0. The fourth-order valence-corrected chi connectivity index (χ4v) is 3.49. The highest BCUT2D eigenvalue weighted by molar-refractivity contribution is 5.87. The molecular formula is C13H17NO4. The van der Waals surface area contributed by atoms with Crippen molar-refractivity contribution in [3.05, 3.63) is 12.2 Å². The van der Waals surface area contributed by atoms with Crippen molar-refractivity contribution in [1.29, 1.82) is 0 Å². The summed E-state index contributed by atoms with van der Waals surface area (Å²) in [6.07, 6.45) is 4.80. The molecule has 3 aliphatic rings. The molecule has 4 atom stereocenters. The van der Waals surface area contributed by atoms with E-state index in [0.29, 0.717) is 26.3 Å². The monoisotopic (exact) mass is 251 g/mol. The van der Waals surface area contributed by atoms with Crippen molar-refractivity contribution in [1.82, 2.24) is 4.90 Å². The van der Waals surface area contributed by atoms with Crippen molar-refractivity contribution in [3.8, 4) is 0 Å². The summed E-state index contributed by atoms with van der Waals surface area (Å²) in [4.78, 5) is 25.6. The molecule has 0 aromatic carbocycles. The zero-order chi connectivity index (χ0) is 12.7. The maximum Gasteiger partial charge on any atom is 0.307 e. The molecule has 0 spiro atoms. The van der Waals surface area contributed by atoms with E-state index in [0.717, 1.165) is 6.42 Å². The molecule has 1 aliphatic heterocycles. The van der Waals surface area contributed by atoms with Crippen LogP contribution in [0.2, 0.25) is 0 Å². The molecule has 0 aromatic rings. The number of carbonyl (C=O) groups is 2. The van der Waals surface area contributed by atoms with Gasteiger partial charge in [-0.15, -0.1) is 0 Å². The first-order chi connectivity index (χ1) is 8.68. The van der Waals surface area contributed by atoms with Gasteiger partial charge in [-0.2, -0.15) is 0 Å². The standard InChI is InChI=1S/C13H17NO4/c15-12(14-3-5-18-6-4-14)10-8-1-2-9(7-8)11(10)13(16)17/h1-2,8-11H,3-7H2,(H,16,17)/t8-,9+,10+,11+/m0/s1. The van der Waals surface area contributed by atoms with E-state index in [1.807, 2.05) is 12.2 Å². The van der Waals surface area contributed by atoms with Gasteiger partial charge in [0.25, 0.3) is 0 Å². The fraction of sp³-hybridized carbons (Fsp3) is 0.692. The number of rotatable bonds is 2. The van der Waals surface area contributed by atoms with Crippen molar-refractivity contribution >= 4 is 11.9 Å². The molecule has 1 N–H and O–H groups in total. The van der Waals surface area contributed by atoms with Crippen LogP contribution >= 0.6 is 0 Å². The lowest BCUT2D eigenvalue weighted by Crippen LogP contribution is -2.47. The van der Waals surface area contributed by atoms with Gasteiger partial charge in [0.05, 0.1) is 25.0 Å². The summed E-state index contributed by atoms with van der Waals surface area (Å²) in [5.41, 5.74) is 0. The van der Waals surface area contributed by atoms with Crippen LogP contribution < -0.4 is 0 Å². The Labute approximate surface area is 105 Å². The minimum absolute atomic E-state index is 0.00236. The average molecular weight is 251 g/mol. The van der Waals surface area contributed by atoms with E-state index in [4.69, 9.17) is 4.74 Å². The van der Waals surface area contributed by atoms with Gasteiger partial charge in [-0.1, -0.05) is 12.2 Å². The second-order valence-corrected chi connectivity index (χ2v) is 5.28. The summed E-state index contributed by atoms with van der Waals surface area (Å²) < 4.78 is 5.22. The number of hydrogen-bond acceptors (Lipinski definition) is 3. The zero-order valence-corrected chi connectivity index (χ0v) is 10.1. The fourth-order valence-electron chi connectivity index (χ4n) is 3.49. The van der Waals surface area contributed by atoms with Crippen molar-refractivity contribution in [2.75, 3.05) is 26.3 Å². The Morgan fingerprint density at radius 3 is 2.33 bits per heavy atom. The van der Waals surface area contributed by atoms with Crippen molar-refractivity contribution < 1.29 is 19.4 Å². The predicted octanol–water partition coefficient (Wildman–Crippen LogP) is 0.368. The predicted molar refractivity (Wildman–Crippen MR) is 62.8 cm³/mol. The van der Waals surface area contributed by atoms with Crippen LogP contribution in [-0.2, 0) is 14.3 Å². The van der Waals surface area contributed by atoms with Gasteiger partial charge in [-0.05, 0) is 18.3 Å². The van der Waals surface area contributed by atoms with E-state index >= 15 is 0 Å². The molecule has 1 amide bonds. The minimum atomic E-state index is -0.835. The van der Waals surface area contributed by atoms with Gasteiger partial charge < -0.3 is 14.7 Å². The smallest absolute Gasteiger partial charge is 0.307 e. The van der Waals surface area contributed by atoms with Crippen LogP contribution in [0.4, 0.5) is 0 Å². The number of aliphatic carboxylic acids is 1. The van der Waals surface area contributed by atoms with Crippen LogP contribution in [0.5, 0.6) is 0 Å². The topological polar surface area (TPSA) is 66.8 Å². The normalized spacial score (nSPS) is 38.1. The Morgan fingerprint density at radius 2 is 1.72 bits per heavy atom. The lowest BCUT2D eigenvalue weighted by Gasteiger charge is -2.33. The molecule has 2 aliphatic carbocycles. The number of fused-ring (bicyclic) bond motifs is 2. The number of carbonyl (C=O) groups excluding carboxylic acids is 1. The summed E-state index contributed by atoms with van der Waals surface area (Å²) in [6.45, 7) is 2.28. The minimum Gasteiger partial charge on any atom is -0.481 e. The molecule has 0 aromatic heterocycles. The summed E-state index contributed by atoms with van der Waals surface area (Å²) >= 11 is 0. The van der Waals surface area contributed by atoms with E-state index in [9.17, 15) is 14.7 Å². The second-order valence-electron chi connectivity index (χ2n) is 5.28. The van der Waals surface area contributed by atoms with Crippen LogP contribution in [0, 0.1) is 23.7 Å². The Balaban J connectivity index is 1.79. The van der Waals surface area contributed by atoms with E-state index in [1.54, 1.807) is 4.90 Å². The largest absolute Gasteiger partial charge is 0.481 e. The van der Waals surface area contributed by atoms with Gasteiger partial charge in [0, 0.05) is 13.1 Å². The Morgan fingerprint density at radius 1 is 1.11 bits per heavy atom. The highest BCUT2D eigenvalue weighted by Gasteiger charge is 2.52. The van der Waals surface area contributed by atoms with E-state index in [1.165, 1.54) is 0 Å². The van der Waals surface area contributed by atoms with Crippen LogP contribution in [-0.4, -0.2) is 48.2 Å². The molecule has 2 bridgehead atoms. The summed E-state index contributed by atoms with van der Waals surface area (Å²) in [5.74, 6) is -1.57. The van der Waals surface area contributed by atoms with Gasteiger partial charge >= 0.3 is 5.97 Å². The average Bonchev–Trinajstić information content (AvgIpc) is 2.99. The first-order valence-corrected chi connectivity index (χ1v) is 6.46. The quantitative estimate of drug-likeness (QED) is 0.720. The third-order valence-electron chi connectivity index (χ3n) is 4.35. The number of morpholine rings is 1. The third kappa shape index (κ3) is 1.73. The number of allylic oxidation sites excluding steroid dienone is 2. The zero-order valence-electron chi connectivity index (χ0n) is 10.1.